The van der Waals surface area contributed by atoms with E-state index in [0.29, 0.717) is 18.6 Å². The molecule has 19 heavy (non-hydrogen) atoms. The molecule has 1 aliphatic heterocycles. The van der Waals surface area contributed by atoms with E-state index in [1.807, 2.05) is 0 Å². The quantitative estimate of drug-likeness (QED) is 0.576. The molecule has 114 valence electrons. The highest BCUT2D eigenvalue weighted by molar-refractivity contribution is 6.62. The van der Waals surface area contributed by atoms with E-state index in [1.165, 1.54) is 0 Å². The molecule has 0 aromatic heterocycles. The van der Waals surface area contributed by atoms with E-state index in [-0.39, 0.29) is 5.73 Å². The van der Waals surface area contributed by atoms with Crippen LogP contribution in [0.2, 0.25) is 0 Å². The van der Waals surface area contributed by atoms with Gasteiger partial charge in [0.2, 0.25) is 0 Å². The maximum atomic E-state index is 6.05. The number of hydrogen-bond donors (Lipinski definition) is 0. The van der Waals surface area contributed by atoms with E-state index >= 15 is 0 Å². The summed E-state index contributed by atoms with van der Waals surface area (Å²) in [5.41, 5.74) is -0.123. The molecule has 0 spiro atoms. The van der Waals surface area contributed by atoms with Gasteiger partial charge in [-0.25, -0.2) is 0 Å². The first-order valence-corrected chi connectivity index (χ1v) is 8.86. The summed E-state index contributed by atoms with van der Waals surface area (Å²) in [6.45, 7) is 5.78. The molecule has 1 saturated heterocycles. The molecule has 0 bridgehead atoms. The standard InChI is InChI=1S/C13H28O5Si/c1-6-11(12-8-9-17-12)10-18-13(7-2)19(14-3,15-4)16-5/h11-13H,6-10H2,1-5H3. The Labute approximate surface area is 117 Å². The Hall–Kier alpha value is 0.0169. The summed E-state index contributed by atoms with van der Waals surface area (Å²) in [6, 6.07) is 0. The molecule has 0 aromatic carbocycles. The molecule has 1 fully saturated rings. The molecule has 6 heteroatoms. The van der Waals surface area contributed by atoms with Gasteiger partial charge in [0.05, 0.1) is 12.7 Å². The highest BCUT2D eigenvalue weighted by atomic mass is 28.4. The normalized spacial score (nSPS) is 22.9. The van der Waals surface area contributed by atoms with Gasteiger partial charge in [0.25, 0.3) is 0 Å². The van der Waals surface area contributed by atoms with E-state index < -0.39 is 8.80 Å². The van der Waals surface area contributed by atoms with Crippen LogP contribution in [-0.2, 0) is 22.8 Å². The average Bonchev–Trinajstić information content (AvgIpc) is 2.40. The van der Waals surface area contributed by atoms with Crippen LogP contribution in [0.3, 0.4) is 0 Å². The molecular formula is C13H28O5Si. The molecule has 3 unspecified atom stereocenters. The van der Waals surface area contributed by atoms with Crippen molar-refractivity contribution in [1.29, 1.82) is 0 Å². The molecule has 0 amide bonds. The third kappa shape index (κ3) is 3.99. The van der Waals surface area contributed by atoms with Crippen molar-refractivity contribution in [1.82, 2.24) is 0 Å². The van der Waals surface area contributed by atoms with Gasteiger partial charge in [0, 0.05) is 33.9 Å². The molecule has 0 radical (unpaired) electrons. The molecular weight excluding hydrogens is 264 g/mol. The minimum Gasteiger partial charge on any atom is -0.378 e. The molecule has 0 saturated carbocycles. The van der Waals surface area contributed by atoms with Crippen LogP contribution >= 0.6 is 0 Å². The van der Waals surface area contributed by atoms with Crippen molar-refractivity contribution in [3.05, 3.63) is 0 Å². The molecule has 0 aliphatic carbocycles. The van der Waals surface area contributed by atoms with Crippen molar-refractivity contribution in [2.45, 2.75) is 44.9 Å². The molecule has 1 aliphatic rings. The zero-order valence-corrected chi connectivity index (χ0v) is 13.8. The minimum atomic E-state index is -2.72. The van der Waals surface area contributed by atoms with E-state index in [4.69, 9.17) is 22.8 Å². The Morgan fingerprint density at radius 2 is 1.68 bits per heavy atom. The van der Waals surface area contributed by atoms with Crippen LogP contribution in [0.25, 0.3) is 0 Å². The van der Waals surface area contributed by atoms with Gasteiger partial charge < -0.3 is 22.8 Å². The van der Waals surface area contributed by atoms with Crippen LogP contribution in [0.15, 0.2) is 0 Å². The molecule has 1 rings (SSSR count). The Bertz CT molecular complexity index is 235. The first-order chi connectivity index (χ1) is 9.17. The van der Waals surface area contributed by atoms with Crippen LogP contribution in [0, 0.1) is 5.92 Å². The smallest absolute Gasteiger partial charge is 0.378 e. The summed E-state index contributed by atoms with van der Waals surface area (Å²) >= 11 is 0. The maximum absolute atomic E-state index is 6.05. The monoisotopic (exact) mass is 292 g/mol. The van der Waals surface area contributed by atoms with Crippen molar-refractivity contribution < 1.29 is 22.8 Å². The van der Waals surface area contributed by atoms with Gasteiger partial charge in [-0.15, -0.1) is 0 Å². The third-order valence-electron chi connectivity index (χ3n) is 3.91. The SMILES string of the molecule is CCC(COC(CC)[Si](OC)(OC)OC)C1CCO1. The summed E-state index contributed by atoms with van der Waals surface area (Å²) in [5.74, 6) is 0.445. The van der Waals surface area contributed by atoms with Crippen LogP contribution in [0.5, 0.6) is 0 Å². The van der Waals surface area contributed by atoms with Gasteiger partial charge in [-0.2, -0.15) is 0 Å². The number of rotatable bonds is 10. The van der Waals surface area contributed by atoms with E-state index in [1.54, 1.807) is 21.3 Å². The van der Waals surface area contributed by atoms with Gasteiger partial charge in [-0.05, 0) is 19.3 Å². The molecule has 3 atom stereocenters. The van der Waals surface area contributed by atoms with Gasteiger partial charge in [0.15, 0.2) is 0 Å². The number of ether oxygens (including phenoxy) is 2. The second-order valence-electron chi connectivity index (χ2n) is 4.81. The van der Waals surface area contributed by atoms with Gasteiger partial charge in [-0.1, -0.05) is 13.8 Å². The topological polar surface area (TPSA) is 46.2 Å². The predicted octanol–water partition coefficient (Wildman–Crippen LogP) is 2.01. The van der Waals surface area contributed by atoms with Crippen molar-refractivity contribution >= 4 is 8.80 Å². The van der Waals surface area contributed by atoms with Crippen molar-refractivity contribution in [2.75, 3.05) is 34.5 Å². The molecule has 0 N–H and O–H groups in total. The minimum absolute atomic E-state index is 0.123. The van der Waals surface area contributed by atoms with Crippen LogP contribution in [0.4, 0.5) is 0 Å². The number of hydrogen-bond acceptors (Lipinski definition) is 5. The lowest BCUT2D eigenvalue weighted by atomic mass is 9.95. The first-order valence-electron chi connectivity index (χ1n) is 7.06. The van der Waals surface area contributed by atoms with Crippen LogP contribution in [0.1, 0.15) is 33.1 Å². The van der Waals surface area contributed by atoms with Gasteiger partial charge >= 0.3 is 8.80 Å². The first kappa shape index (κ1) is 17.1. The second-order valence-corrected chi connectivity index (χ2v) is 7.89. The fourth-order valence-corrected chi connectivity index (χ4v) is 4.56. The predicted molar refractivity (Wildman–Crippen MR) is 75.0 cm³/mol. The zero-order valence-electron chi connectivity index (χ0n) is 12.8. The van der Waals surface area contributed by atoms with E-state index in [9.17, 15) is 0 Å². The lowest BCUT2D eigenvalue weighted by Gasteiger charge is -2.36. The summed E-state index contributed by atoms with van der Waals surface area (Å²) in [7, 11) is 2.15. The summed E-state index contributed by atoms with van der Waals surface area (Å²) < 4.78 is 28.1. The highest BCUT2D eigenvalue weighted by Gasteiger charge is 2.48. The fourth-order valence-electron chi connectivity index (χ4n) is 2.47. The van der Waals surface area contributed by atoms with Gasteiger partial charge in [0.1, 0.15) is 5.73 Å². The largest absolute Gasteiger partial charge is 0.530 e. The van der Waals surface area contributed by atoms with Crippen LogP contribution < -0.4 is 0 Å². The Balaban J connectivity index is 2.54. The van der Waals surface area contributed by atoms with E-state index in [0.717, 1.165) is 25.9 Å². The lowest BCUT2D eigenvalue weighted by molar-refractivity contribution is -0.110. The lowest BCUT2D eigenvalue weighted by Crippen LogP contribution is -2.56. The third-order valence-corrected chi connectivity index (χ3v) is 6.99. The van der Waals surface area contributed by atoms with Gasteiger partial charge in [-0.3, -0.25) is 0 Å². The Morgan fingerprint density at radius 3 is 2.00 bits per heavy atom. The molecule has 5 nitrogen and oxygen atoms in total. The Morgan fingerprint density at radius 1 is 1.11 bits per heavy atom. The molecule has 0 aromatic rings. The molecule has 1 heterocycles. The average molecular weight is 292 g/mol. The van der Waals surface area contributed by atoms with Crippen LogP contribution in [-0.4, -0.2) is 55.2 Å². The maximum Gasteiger partial charge on any atom is 0.530 e. The Kier molecular flexibility index (Phi) is 7.49. The van der Waals surface area contributed by atoms with E-state index in [2.05, 4.69) is 13.8 Å². The fraction of sp³-hybridized carbons (Fsp3) is 1.00. The van der Waals surface area contributed by atoms with Crippen molar-refractivity contribution in [2.24, 2.45) is 5.92 Å². The summed E-state index contributed by atoms with van der Waals surface area (Å²) in [5, 5.41) is 0. The summed E-state index contributed by atoms with van der Waals surface area (Å²) in [4.78, 5) is 0. The highest BCUT2D eigenvalue weighted by Crippen LogP contribution is 2.25. The second kappa shape index (κ2) is 8.34. The zero-order chi connectivity index (χ0) is 14.3. The van der Waals surface area contributed by atoms with Crippen molar-refractivity contribution in [3.63, 3.8) is 0 Å². The summed E-state index contributed by atoms with van der Waals surface area (Å²) in [6.07, 6.45) is 3.36. The van der Waals surface area contributed by atoms with Crippen molar-refractivity contribution in [3.8, 4) is 0 Å².